The van der Waals surface area contributed by atoms with Crippen LogP contribution in [0.3, 0.4) is 0 Å². The van der Waals surface area contributed by atoms with Crippen molar-refractivity contribution in [3.05, 3.63) is 53.1 Å². The van der Waals surface area contributed by atoms with Crippen LogP contribution in [-0.4, -0.2) is 81.2 Å². The van der Waals surface area contributed by atoms with Gasteiger partial charge >= 0.3 is 0 Å². The molecule has 4 rings (SSSR count). The molecular weight excluding hydrogens is 440 g/mol. The summed E-state index contributed by atoms with van der Waals surface area (Å²) < 4.78 is 22.1. The number of likely N-dealkylation sites (tertiary alicyclic amines) is 1. The lowest BCUT2D eigenvalue weighted by atomic mass is 9.94. The van der Waals surface area contributed by atoms with Gasteiger partial charge in [0.15, 0.2) is 11.5 Å². The van der Waals surface area contributed by atoms with Crippen LogP contribution in [0.2, 0.25) is 0 Å². The zero-order valence-electron chi connectivity index (χ0n) is 19.7. The number of ether oxygens (including phenoxy) is 4. The molecule has 34 heavy (non-hydrogen) atoms. The molecule has 0 radical (unpaired) electrons. The van der Waals surface area contributed by atoms with Gasteiger partial charge in [-0.05, 0) is 50.5 Å². The van der Waals surface area contributed by atoms with Gasteiger partial charge in [-0.1, -0.05) is 0 Å². The lowest BCUT2D eigenvalue weighted by Gasteiger charge is -2.28. The van der Waals surface area contributed by atoms with Crippen LogP contribution in [0, 0.1) is 0 Å². The van der Waals surface area contributed by atoms with E-state index in [9.17, 15) is 14.7 Å². The van der Waals surface area contributed by atoms with Crippen LogP contribution in [0.25, 0.3) is 5.76 Å². The number of hydrogen-bond acceptors (Lipinski definition) is 8. The Bertz CT molecular complexity index is 1140. The van der Waals surface area contributed by atoms with Crippen molar-refractivity contribution in [1.29, 1.82) is 0 Å². The van der Waals surface area contributed by atoms with Gasteiger partial charge in [-0.3, -0.25) is 9.59 Å². The first-order valence-corrected chi connectivity index (χ1v) is 10.9. The van der Waals surface area contributed by atoms with Crippen LogP contribution >= 0.6 is 0 Å². The smallest absolute Gasteiger partial charge is 0.295 e. The van der Waals surface area contributed by atoms with Gasteiger partial charge in [0.25, 0.3) is 11.7 Å². The number of rotatable bonds is 7. The Kier molecular flexibility index (Phi) is 6.65. The molecule has 1 amide bonds. The fourth-order valence-corrected chi connectivity index (χ4v) is 4.14. The number of likely N-dealkylation sites (N-methyl/N-ethyl adjacent to an activating group) is 1. The van der Waals surface area contributed by atoms with E-state index in [1.807, 2.05) is 19.0 Å². The van der Waals surface area contributed by atoms with Crippen LogP contribution in [0.15, 0.2) is 42.0 Å². The summed E-state index contributed by atoms with van der Waals surface area (Å²) in [5, 5.41) is 11.3. The first kappa shape index (κ1) is 23.4. The highest BCUT2D eigenvalue weighted by Crippen LogP contribution is 2.44. The van der Waals surface area contributed by atoms with Gasteiger partial charge in [0, 0.05) is 24.2 Å². The van der Waals surface area contributed by atoms with E-state index in [4.69, 9.17) is 18.9 Å². The summed E-state index contributed by atoms with van der Waals surface area (Å²) in [4.78, 5) is 29.8. The number of carbonyl (C=O) groups excluding carboxylic acids is 2. The molecule has 0 unspecified atom stereocenters. The minimum absolute atomic E-state index is 0.0213. The second-order valence-corrected chi connectivity index (χ2v) is 8.26. The SMILES string of the molecule is COc1ccc(OC)c([C@@H]2/C(=C(\O)c3ccc4c(c3)OCCO4)C(=O)C(=O)N2CCN(C)C)c1. The zero-order valence-corrected chi connectivity index (χ0v) is 19.7. The van der Waals surface area contributed by atoms with Crippen molar-refractivity contribution in [2.24, 2.45) is 0 Å². The summed E-state index contributed by atoms with van der Waals surface area (Å²) in [6, 6.07) is 9.21. The van der Waals surface area contributed by atoms with Gasteiger partial charge in [0.1, 0.15) is 30.5 Å². The topological polar surface area (TPSA) is 97.8 Å². The largest absolute Gasteiger partial charge is 0.507 e. The van der Waals surface area contributed by atoms with E-state index in [1.165, 1.54) is 19.1 Å². The number of carbonyl (C=O) groups is 2. The molecular formula is C25H28N2O7. The number of amides is 1. The van der Waals surface area contributed by atoms with Gasteiger partial charge < -0.3 is 33.9 Å². The van der Waals surface area contributed by atoms with E-state index in [-0.39, 0.29) is 17.9 Å². The first-order chi connectivity index (χ1) is 16.3. The number of nitrogens with zero attached hydrogens (tertiary/aromatic N) is 2. The third-order valence-corrected chi connectivity index (χ3v) is 5.88. The quantitative estimate of drug-likeness (QED) is 0.376. The fraction of sp³-hybridized carbons (Fsp3) is 0.360. The maximum atomic E-state index is 13.3. The van der Waals surface area contributed by atoms with Crippen molar-refractivity contribution in [2.45, 2.75) is 6.04 Å². The number of Topliss-reactive ketones (excluding diaryl/α,β-unsaturated/α-hetero) is 1. The zero-order chi connectivity index (χ0) is 24.4. The average molecular weight is 469 g/mol. The number of ketones is 1. The second-order valence-electron chi connectivity index (χ2n) is 8.26. The lowest BCUT2D eigenvalue weighted by Crippen LogP contribution is -2.35. The summed E-state index contributed by atoms with van der Waals surface area (Å²) in [6.45, 7) is 1.62. The Morgan fingerprint density at radius 2 is 1.79 bits per heavy atom. The Labute approximate surface area is 198 Å². The molecule has 0 bridgehead atoms. The van der Waals surface area contributed by atoms with Crippen LogP contribution in [0.5, 0.6) is 23.0 Å². The molecule has 9 nitrogen and oxygen atoms in total. The van der Waals surface area contributed by atoms with Crippen LogP contribution in [-0.2, 0) is 9.59 Å². The summed E-state index contributed by atoms with van der Waals surface area (Å²) in [7, 11) is 6.81. The molecule has 2 aliphatic rings. The molecule has 0 aliphatic carbocycles. The standard InChI is InChI=1S/C25H28N2O7/c1-26(2)9-10-27-22(17-14-16(31-3)6-8-18(17)32-4)21(24(29)25(27)30)23(28)15-5-7-19-20(13-15)34-12-11-33-19/h5-8,13-14,22,28H,9-12H2,1-4H3/b23-21+/t22-/m1/s1. The molecule has 1 saturated heterocycles. The molecule has 2 aliphatic heterocycles. The maximum Gasteiger partial charge on any atom is 0.295 e. The van der Waals surface area contributed by atoms with Crippen LogP contribution < -0.4 is 18.9 Å². The predicted octanol–water partition coefficient (Wildman–Crippen LogP) is 2.46. The molecule has 0 spiro atoms. The van der Waals surface area contributed by atoms with E-state index in [1.54, 1.807) is 36.4 Å². The van der Waals surface area contributed by atoms with Crippen LogP contribution in [0.4, 0.5) is 0 Å². The van der Waals surface area contributed by atoms with Crippen molar-refractivity contribution < 1.29 is 33.6 Å². The highest BCUT2D eigenvalue weighted by molar-refractivity contribution is 6.46. The predicted molar refractivity (Wildman–Crippen MR) is 125 cm³/mol. The summed E-state index contributed by atoms with van der Waals surface area (Å²) in [5.41, 5.74) is 0.868. The van der Waals surface area contributed by atoms with Crippen molar-refractivity contribution in [3.63, 3.8) is 0 Å². The van der Waals surface area contributed by atoms with Gasteiger partial charge in [-0.15, -0.1) is 0 Å². The first-order valence-electron chi connectivity index (χ1n) is 10.9. The molecule has 1 atom stereocenters. The molecule has 2 heterocycles. The van der Waals surface area contributed by atoms with E-state index in [2.05, 4.69) is 0 Å². The molecule has 9 heteroatoms. The van der Waals surface area contributed by atoms with E-state index in [0.717, 1.165) is 0 Å². The second kappa shape index (κ2) is 9.64. The number of aliphatic hydroxyl groups is 1. The van der Waals surface area contributed by atoms with Gasteiger partial charge in [0.2, 0.25) is 0 Å². The van der Waals surface area contributed by atoms with Crippen molar-refractivity contribution >= 4 is 17.4 Å². The van der Waals surface area contributed by atoms with Crippen LogP contribution in [0.1, 0.15) is 17.2 Å². The minimum Gasteiger partial charge on any atom is -0.507 e. The normalized spacial score (nSPS) is 19.0. The molecule has 1 fully saturated rings. The number of aliphatic hydroxyl groups excluding tert-OH is 1. The van der Waals surface area contributed by atoms with Gasteiger partial charge in [-0.25, -0.2) is 0 Å². The highest BCUT2D eigenvalue weighted by atomic mass is 16.6. The number of methoxy groups -OCH3 is 2. The minimum atomic E-state index is -0.863. The van der Waals surface area contributed by atoms with Crippen molar-refractivity contribution in [2.75, 3.05) is 54.6 Å². The number of benzene rings is 2. The Hall–Kier alpha value is -3.72. The van der Waals surface area contributed by atoms with E-state index in [0.29, 0.717) is 53.9 Å². The Morgan fingerprint density at radius 1 is 1.06 bits per heavy atom. The Balaban J connectivity index is 1.89. The molecule has 1 N–H and O–H groups in total. The monoisotopic (exact) mass is 468 g/mol. The summed E-state index contributed by atoms with van der Waals surface area (Å²) in [6.07, 6.45) is 0. The number of fused-ring (bicyclic) bond motifs is 1. The highest BCUT2D eigenvalue weighted by Gasteiger charge is 2.47. The van der Waals surface area contributed by atoms with Gasteiger partial charge in [-0.2, -0.15) is 0 Å². The van der Waals surface area contributed by atoms with Crippen molar-refractivity contribution in [1.82, 2.24) is 9.80 Å². The number of hydrogen-bond donors (Lipinski definition) is 1. The average Bonchev–Trinajstić information content (AvgIpc) is 3.10. The van der Waals surface area contributed by atoms with Crippen molar-refractivity contribution in [3.8, 4) is 23.0 Å². The van der Waals surface area contributed by atoms with Gasteiger partial charge in [0.05, 0.1) is 25.8 Å². The summed E-state index contributed by atoms with van der Waals surface area (Å²) in [5.74, 6) is 0.284. The molecule has 2 aromatic rings. The summed E-state index contributed by atoms with van der Waals surface area (Å²) >= 11 is 0. The fourth-order valence-electron chi connectivity index (χ4n) is 4.14. The third kappa shape index (κ3) is 4.26. The third-order valence-electron chi connectivity index (χ3n) is 5.88. The maximum absolute atomic E-state index is 13.3. The molecule has 2 aromatic carbocycles. The molecule has 0 aromatic heterocycles. The van der Waals surface area contributed by atoms with E-state index < -0.39 is 17.7 Å². The molecule has 0 saturated carbocycles. The molecule has 180 valence electrons. The Morgan fingerprint density at radius 3 is 2.47 bits per heavy atom. The lowest BCUT2D eigenvalue weighted by molar-refractivity contribution is -0.140. The van der Waals surface area contributed by atoms with E-state index >= 15 is 0 Å².